The van der Waals surface area contributed by atoms with Gasteiger partial charge in [-0.2, -0.15) is 0 Å². The highest BCUT2D eigenvalue weighted by Gasteiger charge is 2.59. The summed E-state index contributed by atoms with van der Waals surface area (Å²) in [6, 6.07) is 12.9. The van der Waals surface area contributed by atoms with Gasteiger partial charge in [0, 0.05) is 12.2 Å². The third-order valence-electron chi connectivity index (χ3n) is 6.84. The Morgan fingerprint density at radius 2 is 1.52 bits per heavy atom. The highest BCUT2D eigenvalue weighted by molar-refractivity contribution is 6.22. The van der Waals surface area contributed by atoms with Crippen LogP contribution in [0.3, 0.4) is 0 Å². The molecule has 3 aliphatic rings. The van der Waals surface area contributed by atoms with E-state index in [0.717, 1.165) is 28.8 Å². The molecule has 2 N–H and O–H groups in total. The molecule has 158 valence electrons. The maximum atomic E-state index is 12.9. The van der Waals surface area contributed by atoms with Gasteiger partial charge in [0.25, 0.3) is 0 Å². The summed E-state index contributed by atoms with van der Waals surface area (Å²) in [5.74, 6) is -0.142. The minimum Gasteiger partial charge on any atom is -0.334 e. The fourth-order valence-electron chi connectivity index (χ4n) is 5.27. The van der Waals surface area contributed by atoms with Crippen molar-refractivity contribution < 1.29 is 14.4 Å². The smallest absolute Gasteiger partial charge is 0.319 e. The van der Waals surface area contributed by atoms with Gasteiger partial charge in [-0.15, -0.1) is 0 Å². The molecule has 2 aliphatic carbocycles. The number of nitrogens with zero attached hydrogens (tertiary/aromatic N) is 1. The first-order valence-electron chi connectivity index (χ1n) is 10.7. The second kappa shape index (κ2) is 7.38. The Bertz CT molecular complexity index is 1060. The van der Waals surface area contributed by atoms with E-state index in [9.17, 15) is 14.4 Å². The van der Waals surface area contributed by atoms with Crippen molar-refractivity contribution in [3.8, 4) is 0 Å². The van der Waals surface area contributed by atoms with Gasteiger partial charge < -0.3 is 10.6 Å². The van der Waals surface area contributed by atoms with Gasteiger partial charge in [0.15, 0.2) is 0 Å². The molecule has 1 aliphatic heterocycles. The van der Waals surface area contributed by atoms with E-state index >= 15 is 0 Å². The van der Waals surface area contributed by atoms with Crippen molar-refractivity contribution >= 4 is 29.2 Å². The maximum absolute atomic E-state index is 12.9. The van der Waals surface area contributed by atoms with Crippen LogP contribution >= 0.6 is 0 Å². The maximum Gasteiger partial charge on any atom is 0.319 e. The van der Waals surface area contributed by atoms with Crippen LogP contribution in [-0.2, 0) is 16.1 Å². The van der Waals surface area contributed by atoms with Crippen LogP contribution in [0.2, 0.25) is 0 Å². The van der Waals surface area contributed by atoms with Crippen molar-refractivity contribution in [2.24, 2.45) is 23.7 Å². The van der Waals surface area contributed by atoms with Crippen LogP contribution in [0.5, 0.6) is 0 Å². The number of allylic oxidation sites excluding steroid dienone is 2. The van der Waals surface area contributed by atoms with Gasteiger partial charge >= 0.3 is 6.03 Å². The number of carbonyl (C=O) groups is 3. The summed E-state index contributed by atoms with van der Waals surface area (Å²) in [7, 11) is 0. The number of benzene rings is 2. The summed E-state index contributed by atoms with van der Waals surface area (Å²) in [6.07, 6.45) is 5.12. The van der Waals surface area contributed by atoms with Crippen molar-refractivity contribution in [2.45, 2.75) is 26.8 Å². The van der Waals surface area contributed by atoms with Gasteiger partial charge in [-0.3, -0.25) is 14.5 Å². The molecular formula is C25H25N3O3. The first kappa shape index (κ1) is 19.5. The molecule has 31 heavy (non-hydrogen) atoms. The highest BCUT2D eigenvalue weighted by atomic mass is 16.2. The van der Waals surface area contributed by atoms with Crippen LogP contribution in [0.1, 0.15) is 23.1 Å². The predicted octanol–water partition coefficient (Wildman–Crippen LogP) is 3.94. The summed E-state index contributed by atoms with van der Waals surface area (Å²) in [4.78, 5) is 39.5. The first-order chi connectivity index (χ1) is 14.9. The standard InChI is InChI=1S/C25H25N3O3/c1-14-4-3-5-15(2)22(14)27-25(31)26-13-16-6-10-19(11-7-16)28-23(29)20-17-8-9-18(12-17)21(20)24(28)30/h3-11,17-18,20-21H,12-13H2,1-2H3,(H2,26,27,31). The summed E-state index contributed by atoms with van der Waals surface area (Å²) >= 11 is 0. The predicted molar refractivity (Wildman–Crippen MR) is 118 cm³/mol. The average molecular weight is 415 g/mol. The molecule has 2 fully saturated rings. The van der Waals surface area contributed by atoms with Crippen LogP contribution < -0.4 is 15.5 Å². The number of rotatable bonds is 4. The van der Waals surface area contributed by atoms with Gasteiger partial charge in [0.1, 0.15) is 0 Å². The van der Waals surface area contributed by atoms with E-state index in [1.54, 1.807) is 12.1 Å². The SMILES string of the molecule is Cc1cccc(C)c1NC(=O)NCc1ccc(N2C(=O)C3C4C=CC(C4)C3C2=O)cc1. The van der Waals surface area contributed by atoms with Crippen molar-refractivity contribution in [1.29, 1.82) is 0 Å². The molecule has 1 heterocycles. The zero-order valence-corrected chi connectivity index (χ0v) is 17.6. The first-order valence-corrected chi connectivity index (χ1v) is 10.7. The Kier molecular flexibility index (Phi) is 4.65. The molecule has 2 aromatic carbocycles. The van der Waals surface area contributed by atoms with E-state index in [1.165, 1.54) is 4.90 Å². The molecule has 2 bridgehead atoms. The molecule has 1 saturated carbocycles. The minimum absolute atomic E-state index is 0.0781. The molecule has 0 aromatic heterocycles. The number of anilines is 2. The average Bonchev–Trinajstić information content (AvgIpc) is 3.44. The second-order valence-corrected chi connectivity index (χ2v) is 8.75. The fourth-order valence-corrected chi connectivity index (χ4v) is 5.27. The number of amides is 4. The minimum atomic E-state index is -0.276. The molecule has 0 spiro atoms. The molecule has 5 rings (SSSR count). The van der Waals surface area contributed by atoms with Crippen LogP contribution in [0.15, 0.2) is 54.6 Å². The van der Waals surface area contributed by atoms with Crippen LogP contribution in [0.25, 0.3) is 0 Å². The summed E-state index contributed by atoms with van der Waals surface area (Å²) < 4.78 is 0. The highest BCUT2D eigenvalue weighted by Crippen LogP contribution is 2.53. The Balaban J connectivity index is 1.22. The Hall–Kier alpha value is -3.41. The van der Waals surface area contributed by atoms with Crippen LogP contribution in [0, 0.1) is 37.5 Å². The number of hydrogen-bond acceptors (Lipinski definition) is 3. The molecule has 6 nitrogen and oxygen atoms in total. The molecule has 4 amide bonds. The molecule has 4 atom stereocenters. The van der Waals surface area contributed by atoms with E-state index in [0.29, 0.717) is 12.2 Å². The number of carbonyl (C=O) groups excluding carboxylic acids is 3. The third-order valence-corrected chi connectivity index (χ3v) is 6.84. The molecule has 4 unspecified atom stereocenters. The zero-order chi connectivity index (χ0) is 21.7. The molecule has 2 aromatic rings. The van der Waals surface area contributed by atoms with Gasteiger partial charge in [-0.05, 0) is 60.9 Å². The monoisotopic (exact) mass is 415 g/mol. The summed E-state index contributed by atoms with van der Waals surface area (Å²) in [5, 5.41) is 5.75. The largest absolute Gasteiger partial charge is 0.334 e. The molecule has 6 heteroatoms. The van der Waals surface area contributed by atoms with E-state index < -0.39 is 0 Å². The Labute approximate surface area is 181 Å². The number of imide groups is 1. The number of aryl methyl sites for hydroxylation is 2. The second-order valence-electron chi connectivity index (χ2n) is 8.75. The summed E-state index contributed by atoms with van der Waals surface area (Å²) in [5.41, 5.74) is 4.32. The molecule has 1 saturated heterocycles. The van der Waals surface area contributed by atoms with Crippen molar-refractivity contribution in [3.05, 3.63) is 71.3 Å². The molecular weight excluding hydrogens is 390 g/mol. The van der Waals surface area contributed by atoms with Gasteiger partial charge in [0.2, 0.25) is 11.8 Å². The lowest BCUT2D eigenvalue weighted by molar-refractivity contribution is -0.123. The number of urea groups is 1. The van der Waals surface area contributed by atoms with Crippen molar-refractivity contribution in [2.75, 3.05) is 10.2 Å². The van der Waals surface area contributed by atoms with Crippen molar-refractivity contribution in [1.82, 2.24) is 5.32 Å². The quantitative estimate of drug-likeness (QED) is 0.587. The van der Waals surface area contributed by atoms with Crippen LogP contribution in [-0.4, -0.2) is 17.8 Å². The number of para-hydroxylation sites is 1. The fraction of sp³-hybridized carbons (Fsp3) is 0.320. The zero-order valence-electron chi connectivity index (χ0n) is 17.6. The number of nitrogens with one attached hydrogen (secondary N) is 2. The lowest BCUT2D eigenvalue weighted by atomic mass is 9.85. The number of fused-ring (bicyclic) bond motifs is 5. The number of hydrogen-bond donors (Lipinski definition) is 2. The van der Waals surface area contributed by atoms with E-state index in [2.05, 4.69) is 22.8 Å². The van der Waals surface area contributed by atoms with E-state index in [-0.39, 0.29) is 41.5 Å². The lowest BCUT2D eigenvalue weighted by Gasteiger charge is -2.18. The Morgan fingerprint density at radius 3 is 2.10 bits per heavy atom. The lowest BCUT2D eigenvalue weighted by Crippen LogP contribution is -2.33. The third kappa shape index (κ3) is 3.23. The topological polar surface area (TPSA) is 78.5 Å². The Morgan fingerprint density at radius 1 is 0.935 bits per heavy atom. The van der Waals surface area contributed by atoms with Crippen LogP contribution in [0.4, 0.5) is 16.2 Å². The molecule has 0 radical (unpaired) electrons. The van der Waals surface area contributed by atoms with E-state index in [1.807, 2.05) is 44.2 Å². The van der Waals surface area contributed by atoms with Gasteiger partial charge in [-0.25, -0.2) is 4.79 Å². The van der Waals surface area contributed by atoms with Gasteiger partial charge in [0.05, 0.1) is 17.5 Å². The summed E-state index contributed by atoms with van der Waals surface area (Å²) in [6.45, 7) is 4.26. The van der Waals surface area contributed by atoms with E-state index in [4.69, 9.17) is 0 Å². The van der Waals surface area contributed by atoms with Crippen molar-refractivity contribution in [3.63, 3.8) is 0 Å². The van der Waals surface area contributed by atoms with Gasteiger partial charge in [-0.1, -0.05) is 42.5 Å². The normalized spacial score (nSPS) is 25.8.